The molecule has 6 nitrogen and oxygen atoms in total. The van der Waals surface area contributed by atoms with E-state index in [2.05, 4.69) is 10.2 Å². The summed E-state index contributed by atoms with van der Waals surface area (Å²) < 4.78 is 10.8. The number of hydrogen-bond acceptors (Lipinski definition) is 4. The third-order valence-corrected chi connectivity index (χ3v) is 4.26. The quantitative estimate of drug-likeness (QED) is 0.784. The number of hydrogen-bond donors (Lipinski definition) is 1. The van der Waals surface area contributed by atoms with Gasteiger partial charge < -0.3 is 14.1 Å². The van der Waals surface area contributed by atoms with Crippen molar-refractivity contribution in [3.05, 3.63) is 65.7 Å². The van der Waals surface area contributed by atoms with E-state index in [9.17, 15) is 4.79 Å². The smallest absolute Gasteiger partial charge is 0.273 e. The molecule has 3 aromatic rings. The lowest BCUT2D eigenvalue weighted by molar-refractivity contribution is 0.0660. The minimum Gasteiger partial charge on any atom is -0.467 e. The Morgan fingerprint density at radius 3 is 2.79 bits per heavy atom. The summed E-state index contributed by atoms with van der Waals surface area (Å²) in [6, 6.07) is 13.2. The fourth-order valence-electron chi connectivity index (χ4n) is 3.18. The van der Waals surface area contributed by atoms with Gasteiger partial charge in [-0.15, -0.1) is 0 Å². The van der Waals surface area contributed by atoms with E-state index in [4.69, 9.17) is 9.15 Å². The number of nitrogens with one attached hydrogen (secondary N) is 1. The average Bonchev–Trinajstić information content (AvgIpc) is 3.32. The van der Waals surface area contributed by atoms with Crippen LogP contribution in [0, 0.1) is 0 Å². The molecular formula is C18H17N3O3. The van der Waals surface area contributed by atoms with Crippen LogP contribution in [0.5, 0.6) is 0 Å². The molecule has 2 aromatic heterocycles. The van der Waals surface area contributed by atoms with Crippen molar-refractivity contribution < 1.29 is 13.9 Å². The Morgan fingerprint density at radius 1 is 1.25 bits per heavy atom. The van der Waals surface area contributed by atoms with E-state index in [0.29, 0.717) is 18.8 Å². The summed E-state index contributed by atoms with van der Waals surface area (Å²) in [6.45, 7) is 0.943. The van der Waals surface area contributed by atoms with Crippen molar-refractivity contribution in [3.63, 3.8) is 0 Å². The van der Waals surface area contributed by atoms with Crippen LogP contribution in [0.2, 0.25) is 0 Å². The van der Waals surface area contributed by atoms with Crippen LogP contribution in [0.25, 0.3) is 11.3 Å². The van der Waals surface area contributed by atoms with Gasteiger partial charge in [-0.1, -0.05) is 30.3 Å². The summed E-state index contributed by atoms with van der Waals surface area (Å²) in [5, 5.41) is 7.30. The molecular weight excluding hydrogens is 306 g/mol. The topological polar surface area (TPSA) is 71.4 Å². The number of carbonyl (C=O) groups excluding carboxylic acids is 1. The molecule has 24 heavy (non-hydrogen) atoms. The minimum absolute atomic E-state index is 0.0851. The van der Waals surface area contributed by atoms with Gasteiger partial charge in [-0.2, -0.15) is 5.10 Å². The first kappa shape index (κ1) is 14.7. The van der Waals surface area contributed by atoms with Gasteiger partial charge in [0.25, 0.3) is 5.91 Å². The number of aromatic nitrogens is 2. The van der Waals surface area contributed by atoms with Crippen molar-refractivity contribution in [2.75, 3.05) is 20.3 Å². The fraction of sp³-hybridized carbons (Fsp3) is 0.222. The lowest BCUT2D eigenvalue weighted by atomic mass is 10.0. The summed E-state index contributed by atoms with van der Waals surface area (Å²) in [5.41, 5.74) is 3.12. The first-order valence-electron chi connectivity index (χ1n) is 7.78. The largest absolute Gasteiger partial charge is 0.467 e. The molecule has 3 heterocycles. The van der Waals surface area contributed by atoms with Crippen LogP contribution >= 0.6 is 0 Å². The van der Waals surface area contributed by atoms with E-state index < -0.39 is 0 Å². The zero-order chi connectivity index (χ0) is 16.5. The molecule has 1 N–H and O–H groups in total. The van der Waals surface area contributed by atoms with Gasteiger partial charge in [0.1, 0.15) is 17.5 Å². The highest BCUT2D eigenvalue weighted by atomic mass is 16.5. The number of methoxy groups -OCH3 is 1. The van der Waals surface area contributed by atoms with Crippen LogP contribution in [0.4, 0.5) is 0 Å². The highest BCUT2D eigenvalue weighted by Crippen LogP contribution is 2.42. The Bertz CT molecular complexity index is 840. The van der Waals surface area contributed by atoms with Gasteiger partial charge in [-0.05, 0) is 12.1 Å². The average molecular weight is 323 g/mol. The Morgan fingerprint density at radius 2 is 2.08 bits per heavy atom. The lowest BCUT2D eigenvalue weighted by Gasteiger charge is -2.24. The number of H-pyrrole nitrogens is 1. The Labute approximate surface area is 139 Å². The number of furan rings is 1. The molecule has 0 fully saturated rings. The van der Waals surface area contributed by atoms with Crippen LogP contribution in [0.15, 0.2) is 53.1 Å². The highest BCUT2D eigenvalue weighted by molar-refractivity contribution is 6.00. The Hall–Kier alpha value is -2.86. The SMILES string of the molecule is COCCN1C(=O)c2[nH]nc(-c3ccccc3)c2[C@@H]1c1ccco1. The fourth-order valence-corrected chi connectivity index (χ4v) is 3.18. The summed E-state index contributed by atoms with van der Waals surface area (Å²) in [4.78, 5) is 14.6. The van der Waals surface area contributed by atoms with Gasteiger partial charge in [0.05, 0.1) is 18.6 Å². The minimum atomic E-state index is -0.299. The van der Waals surface area contributed by atoms with Crippen molar-refractivity contribution in [3.8, 4) is 11.3 Å². The van der Waals surface area contributed by atoms with Gasteiger partial charge >= 0.3 is 0 Å². The van der Waals surface area contributed by atoms with E-state index in [1.165, 1.54) is 0 Å². The van der Waals surface area contributed by atoms with Crippen molar-refractivity contribution >= 4 is 5.91 Å². The highest BCUT2D eigenvalue weighted by Gasteiger charge is 2.43. The number of rotatable bonds is 5. The number of aromatic amines is 1. The number of amides is 1. The second-order valence-electron chi connectivity index (χ2n) is 5.64. The lowest BCUT2D eigenvalue weighted by Crippen LogP contribution is -2.32. The van der Waals surface area contributed by atoms with E-state index in [-0.39, 0.29) is 11.9 Å². The maximum Gasteiger partial charge on any atom is 0.273 e. The summed E-state index contributed by atoms with van der Waals surface area (Å²) >= 11 is 0. The molecule has 122 valence electrons. The molecule has 4 rings (SSSR count). The van der Waals surface area contributed by atoms with Crippen LogP contribution < -0.4 is 0 Å². The molecule has 1 amide bonds. The van der Waals surface area contributed by atoms with Crippen LogP contribution in [0.1, 0.15) is 27.9 Å². The maximum atomic E-state index is 12.8. The van der Waals surface area contributed by atoms with E-state index in [1.807, 2.05) is 42.5 Å². The Kier molecular flexibility index (Phi) is 3.66. The molecule has 0 unspecified atom stereocenters. The normalized spacial score (nSPS) is 16.6. The van der Waals surface area contributed by atoms with E-state index in [1.54, 1.807) is 18.3 Å². The second kappa shape index (κ2) is 5.98. The van der Waals surface area contributed by atoms with Crippen LogP contribution in [-0.2, 0) is 4.74 Å². The summed E-state index contributed by atoms with van der Waals surface area (Å²) in [6.07, 6.45) is 1.62. The molecule has 0 saturated carbocycles. The molecule has 1 aliphatic heterocycles. The number of benzene rings is 1. The number of carbonyl (C=O) groups is 1. The summed E-state index contributed by atoms with van der Waals surface area (Å²) in [5.74, 6) is 0.634. The third-order valence-electron chi connectivity index (χ3n) is 4.26. The van der Waals surface area contributed by atoms with Gasteiger partial charge in [-0.3, -0.25) is 9.89 Å². The molecule has 1 atom stereocenters. The van der Waals surface area contributed by atoms with Gasteiger partial charge in [0.15, 0.2) is 0 Å². The molecule has 1 aliphatic rings. The molecule has 0 aliphatic carbocycles. The first-order valence-corrected chi connectivity index (χ1v) is 7.78. The van der Waals surface area contributed by atoms with Crippen molar-refractivity contribution in [2.45, 2.75) is 6.04 Å². The molecule has 6 heteroatoms. The monoisotopic (exact) mass is 323 g/mol. The molecule has 0 radical (unpaired) electrons. The van der Waals surface area contributed by atoms with Gasteiger partial charge in [-0.25, -0.2) is 0 Å². The van der Waals surface area contributed by atoms with Crippen LogP contribution in [-0.4, -0.2) is 41.3 Å². The zero-order valence-electron chi connectivity index (χ0n) is 13.2. The Balaban J connectivity index is 1.84. The predicted molar refractivity (Wildman–Crippen MR) is 87.5 cm³/mol. The van der Waals surface area contributed by atoms with Gasteiger partial charge in [0, 0.05) is 24.8 Å². The maximum absolute atomic E-state index is 12.8. The van der Waals surface area contributed by atoms with Crippen molar-refractivity contribution in [1.82, 2.24) is 15.1 Å². The third kappa shape index (κ3) is 2.23. The van der Waals surface area contributed by atoms with Crippen LogP contribution in [0.3, 0.4) is 0 Å². The number of fused-ring (bicyclic) bond motifs is 1. The standard InChI is InChI=1S/C18H17N3O3/c1-23-11-9-21-17(13-8-5-10-24-13)14-15(12-6-3-2-4-7-12)19-20-16(14)18(21)22/h2-8,10,17H,9,11H2,1H3,(H,19,20)/t17-/m0/s1. The molecule has 0 spiro atoms. The summed E-state index contributed by atoms with van der Waals surface area (Å²) in [7, 11) is 1.62. The zero-order valence-corrected chi connectivity index (χ0v) is 13.2. The van der Waals surface area contributed by atoms with Gasteiger partial charge in [0.2, 0.25) is 0 Å². The van der Waals surface area contributed by atoms with E-state index in [0.717, 1.165) is 22.6 Å². The number of ether oxygens (including phenoxy) is 1. The van der Waals surface area contributed by atoms with Crippen molar-refractivity contribution in [1.29, 1.82) is 0 Å². The van der Waals surface area contributed by atoms with E-state index >= 15 is 0 Å². The second-order valence-corrected chi connectivity index (χ2v) is 5.64. The molecule has 1 aromatic carbocycles. The molecule has 0 bridgehead atoms. The van der Waals surface area contributed by atoms with Crippen molar-refractivity contribution in [2.24, 2.45) is 0 Å². The predicted octanol–water partition coefficient (Wildman–Crippen LogP) is 2.86. The first-order chi connectivity index (χ1) is 11.8. The number of nitrogens with zero attached hydrogens (tertiary/aromatic N) is 2. The molecule has 0 saturated heterocycles.